The third-order valence-electron chi connectivity index (χ3n) is 12.8. The molecule has 1 saturated heterocycles. The lowest BCUT2D eigenvalue weighted by Gasteiger charge is -2.28. The number of nitrogens with one attached hydrogen (secondary N) is 8. The van der Waals surface area contributed by atoms with Gasteiger partial charge in [0, 0.05) is 18.9 Å². The van der Waals surface area contributed by atoms with Gasteiger partial charge in [-0.3, -0.25) is 43.2 Å². The van der Waals surface area contributed by atoms with E-state index in [1.807, 2.05) is 34.6 Å². The van der Waals surface area contributed by atoms with Gasteiger partial charge in [0.1, 0.15) is 36.3 Å². The summed E-state index contributed by atoms with van der Waals surface area (Å²) in [4.78, 5) is 126. The van der Waals surface area contributed by atoms with Crippen LogP contribution in [0.4, 0.5) is 0 Å². The zero-order valence-corrected chi connectivity index (χ0v) is 44.9. The first-order valence-corrected chi connectivity index (χ1v) is 27.0. The molecule has 1 aliphatic heterocycles. The van der Waals surface area contributed by atoms with E-state index >= 15 is 0 Å². The maximum Gasteiger partial charge on any atom is 0.243 e. The average molecular weight is 1040 g/mol. The van der Waals surface area contributed by atoms with Crippen molar-refractivity contribution in [2.45, 2.75) is 199 Å². The van der Waals surface area contributed by atoms with E-state index in [1.54, 1.807) is 30.3 Å². The second kappa shape index (κ2) is 35.6. The largest absolute Gasteiger partial charge is 0.393 e. The molecule has 8 amide bonds. The molecule has 21 nitrogen and oxygen atoms in total. The van der Waals surface area contributed by atoms with Crippen LogP contribution in [0.5, 0.6) is 0 Å². The fraction of sp³-hybridized carbons (Fsp3) is 0.717. The van der Waals surface area contributed by atoms with Gasteiger partial charge < -0.3 is 64.8 Å². The first kappa shape index (κ1) is 64.6. The molecule has 1 aliphatic rings. The summed E-state index contributed by atoms with van der Waals surface area (Å²) >= 11 is 0. The smallest absolute Gasteiger partial charge is 0.243 e. The third-order valence-corrected chi connectivity index (χ3v) is 12.8. The average Bonchev–Trinajstić information content (AvgIpc) is 3.34. The lowest BCUT2D eigenvalue weighted by molar-refractivity contribution is -0.136. The molecule has 0 spiro atoms. The van der Waals surface area contributed by atoms with Crippen molar-refractivity contribution in [3.63, 3.8) is 0 Å². The van der Waals surface area contributed by atoms with Gasteiger partial charge in [0.25, 0.3) is 0 Å². The normalized spacial score (nSPS) is 23.1. The molecule has 2 rings (SSSR count). The lowest BCUT2D eigenvalue weighted by Crippen LogP contribution is -2.59. The van der Waals surface area contributed by atoms with Crippen LogP contribution in [0.1, 0.15) is 150 Å². The molecule has 9 atom stereocenters. The molecule has 1 fully saturated rings. The van der Waals surface area contributed by atoms with Crippen molar-refractivity contribution in [2.75, 3.05) is 26.2 Å². The molecule has 1 heterocycles. The van der Waals surface area contributed by atoms with Crippen LogP contribution in [0, 0.1) is 17.8 Å². The SMILES string of the molecule is CCCCCCC[C@@H](O)CC(=O)N[C@H](CCN)C(=O)N[C@H]1CCNC(=O)[C@H](CC(C)C)NC(=O)[C@H](CCC)NC(=O)[C@H](CCN)NC(=O)[C@H](Cc2ccccc2)CC(=O)[C@@H](CC(C)C)NC(=O)[C@H](CCN)NC1=O. The number of aliphatic hydroxyl groups excluding tert-OH is 1. The Morgan fingerprint density at radius 1 is 0.635 bits per heavy atom. The van der Waals surface area contributed by atoms with Gasteiger partial charge in [-0.15, -0.1) is 0 Å². The van der Waals surface area contributed by atoms with Gasteiger partial charge in [0.05, 0.1) is 18.6 Å². The summed E-state index contributed by atoms with van der Waals surface area (Å²) in [5.74, 6) is -7.32. The highest BCUT2D eigenvalue weighted by molar-refractivity contribution is 5.98. The van der Waals surface area contributed by atoms with Crippen LogP contribution < -0.4 is 59.7 Å². The van der Waals surface area contributed by atoms with Crippen LogP contribution >= 0.6 is 0 Å². The number of hydrogen-bond donors (Lipinski definition) is 12. The molecule has 0 radical (unpaired) electrons. The topological polar surface area (TPSA) is 348 Å². The van der Waals surface area contributed by atoms with Crippen LogP contribution in [0.3, 0.4) is 0 Å². The van der Waals surface area contributed by atoms with Crippen LogP contribution in [-0.4, -0.2) is 133 Å². The Bertz CT molecular complexity index is 1920. The van der Waals surface area contributed by atoms with E-state index in [1.165, 1.54) is 0 Å². The first-order chi connectivity index (χ1) is 35.3. The molecular weight excluding hydrogens is 951 g/mol. The summed E-state index contributed by atoms with van der Waals surface area (Å²) in [6.07, 6.45) is 4.37. The van der Waals surface area contributed by atoms with Crippen LogP contribution in [-0.2, 0) is 49.6 Å². The number of amides is 8. The summed E-state index contributed by atoms with van der Waals surface area (Å²) in [6, 6.07) is 0.438. The Kier molecular flexibility index (Phi) is 31.1. The van der Waals surface area contributed by atoms with E-state index in [0.717, 1.165) is 37.7 Å². The van der Waals surface area contributed by atoms with Crippen molar-refractivity contribution >= 4 is 53.0 Å². The summed E-state index contributed by atoms with van der Waals surface area (Å²) < 4.78 is 0. The van der Waals surface area contributed by atoms with E-state index in [9.17, 15) is 48.3 Å². The predicted octanol–water partition coefficient (Wildman–Crippen LogP) is 0.768. The number of nitrogens with two attached hydrogens (primary N) is 3. The summed E-state index contributed by atoms with van der Waals surface area (Å²) in [5.41, 5.74) is 18.5. The van der Waals surface area contributed by atoms with Gasteiger partial charge in [-0.25, -0.2) is 0 Å². The van der Waals surface area contributed by atoms with Crippen molar-refractivity contribution in [1.82, 2.24) is 42.5 Å². The first-order valence-electron chi connectivity index (χ1n) is 27.0. The Hall–Kier alpha value is -5.51. The molecule has 15 N–H and O–H groups in total. The standard InChI is InChI=1S/C53H91N11O10/c1-7-9-10-11-15-19-37(65)32-46(67)58-39(20-24-54)50(71)62-42-23-27-57-48(69)44(29-34(5)6)64-49(70)38(16-8-2)60-51(72)40(21-25-55)59-47(68)36(30-35-17-13-12-14-18-35)31-45(66)43(28-33(3)4)63-52(73)41(22-26-56)61-53(42)74/h12-14,17-18,33-34,36-44,65H,7-11,15-16,19-32,54-56H2,1-6H3,(H,57,69)(H,58,67)(H,59,68)(H,60,72)(H,61,74)(H,62,71)(H,63,73)(H,64,70)/t36-,37-,38+,39-,40+,41+,42+,43-,44+/m1/s1. The number of Topliss-reactive ketones (excluding diaryl/α,β-unsaturated/α-hetero) is 1. The number of carbonyl (C=O) groups excluding carboxylic acids is 9. The number of aliphatic hydroxyl groups is 1. The molecule has 0 saturated carbocycles. The molecule has 418 valence electrons. The second-order valence-electron chi connectivity index (χ2n) is 20.5. The quantitative estimate of drug-likeness (QED) is 0.0603. The number of unbranched alkanes of at least 4 members (excludes halogenated alkanes) is 4. The van der Waals surface area contributed by atoms with Gasteiger partial charge in [0.2, 0.25) is 47.3 Å². The third kappa shape index (κ3) is 24.7. The van der Waals surface area contributed by atoms with Gasteiger partial charge in [0.15, 0.2) is 5.78 Å². The lowest BCUT2D eigenvalue weighted by atomic mass is 9.88. The maximum atomic E-state index is 14.4. The van der Waals surface area contributed by atoms with Gasteiger partial charge >= 0.3 is 0 Å². The molecule has 0 aliphatic carbocycles. The van der Waals surface area contributed by atoms with Crippen LogP contribution in [0.25, 0.3) is 0 Å². The van der Waals surface area contributed by atoms with E-state index in [2.05, 4.69) is 49.5 Å². The zero-order chi connectivity index (χ0) is 55.2. The number of rotatable bonds is 25. The number of benzene rings is 1. The van der Waals surface area contributed by atoms with Gasteiger partial charge in [-0.1, -0.05) is 110 Å². The Morgan fingerprint density at radius 2 is 1.18 bits per heavy atom. The van der Waals surface area contributed by atoms with Crippen molar-refractivity contribution in [2.24, 2.45) is 35.0 Å². The Labute approximate surface area is 438 Å². The van der Waals surface area contributed by atoms with Gasteiger partial charge in [-0.2, -0.15) is 0 Å². The highest BCUT2D eigenvalue weighted by Crippen LogP contribution is 2.19. The summed E-state index contributed by atoms with van der Waals surface area (Å²) in [7, 11) is 0. The highest BCUT2D eigenvalue weighted by Gasteiger charge is 2.36. The van der Waals surface area contributed by atoms with Gasteiger partial charge in [-0.05, 0) is 94.8 Å². The number of carbonyl (C=O) groups is 9. The van der Waals surface area contributed by atoms with E-state index in [-0.39, 0.29) is 102 Å². The number of ketones is 1. The van der Waals surface area contributed by atoms with Crippen molar-refractivity contribution < 1.29 is 48.3 Å². The minimum Gasteiger partial charge on any atom is -0.393 e. The minimum absolute atomic E-state index is 0.00406. The second-order valence-corrected chi connectivity index (χ2v) is 20.5. The predicted molar refractivity (Wildman–Crippen MR) is 283 cm³/mol. The fourth-order valence-corrected chi connectivity index (χ4v) is 8.79. The van der Waals surface area contributed by atoms with Crippen LogP contribution in [0.2, 0.25) is 0 Å². The number of hydrogen-bond acceptors (Lipinski definition) is 13. The summed E-state index contributed by atoms with van der Waals surface area (Å²) in [6.45, 7) is 11.0. The van der Waals surface area contributed by atoms with Crippen molar-refractivity contribution in [1.29, 1.82) is 0 Å². The molecule has 0 bridgehead atoms. The molecule has 0 unspecified atom stereocenters. The Balaban J connectivity index is 2.67. The molecule has 1 aromatic carbocycles. The molecular formula is C53H91N11O10. The minimum atomic E-state index is -1.43. The zero-order valence-electron chi connectivity index (χ0n) is 44.9. The van der Waals surface area contributed by atoms with Crippen molar-refractivity contribution in [3.8, 4) is 0 Å². The molecule has 0 aromatic heterocycles. The highest BCUT2D eigenvalue weighted by atomic mass is 16.3. The van der Waals surface area contributed by atoms with Crippen LogP contribution in [0.15, 0.2) is 30.3 Å². The van der Waals surface area contributed by atoms with E-state index < -0.39 is 107 Å². The van der Waals surface area contributed by atoms with Crippen molar-refractivity contribution in [3.05, 3.63) is 35.9 Å². The fourth-order valence-electron chi connectivity index (χ4n) is 8.79. The maximum absolute atomic E-state index is 14.4. The Morgan fingerprint density at radius 3 is 1.74 bits per heavy atom. The van der Waals surface area contributed by atoms with E-state index in [4.69, 9.17) is 17.2 Å². The van der Waals surface area contributed by atoms with E-state index in [0.29, 0.717) is 12.8 Å². The molecule has 21 heteroatoms. The monoisotopic (exact) mass is 1040 g/mol. The summed E-state index contributed by atoms with van der Waals surface area (Å²) in [5, 5.41) is 32.4. The molecule has 1 aromatic rings. The molecule has 74 heavy (non-hydrogen) atoms.